The maximum absolute atomic E-state index is 13.0. The fraction of sp³-hybridized carbons (Fsp3) is 0.340. The molecule has 1 aliphatic carbocycles. The summed E-state index contributed by atoms with van der Waals surface area (Å²) in [5, 5.41) is 5.16. The lowest BCUT2D eigenvalue weighted by Gasteiger charge is -2.24. The lowest BCUT2D eigenvalue weighted by molar-refractivity contribution is -0.158. The van der Waals surface area contributed by atoms with Crippen LogP contribution >= 0.6 is 0 Å². The fourth-order valence-corrected chi connectivity index (χ4v) is 5.83. The van der Waals surface area contributed by atoms with Crippen molar-refractivity contribution in [1.29, 1.82) is 0 Å². The van der Waals surface area contributed by atoms with Crippen LogP contribution < -0.4 is 10.6 Å². The number of nitrogens with one attached hydrogen (secondary N) is 2. The van der Waals surface area contributed by atoms with Gasteiger partial charge in [-0.05, 0) is 140 Å². The fourth-order valence-electron chi connectivity index (χ4n) is 5.83. The predicted molar refractivity (Wildman–Crippen MR) is 228 cm³/mol. The highest BCUT2D eigenvalue weighted by Gasteiger charge is 2.30. The van der Waals surface area contributed by atoms with Gasteiger partial charge < -0.3 is 24.8 Å². The zero-order valence-electron chi connectivity index (χ0n) is 34.3. The van der Waals surface area contributed by atoms with Crippen LogP contribution in [-0.4, -0.2) is 60.6 Å². The normalized spacial score (nSPS) is 11.2. The third-order valence-corrected chi connectivity index (χ3v) is 8.41. The van der Waals surface area contributed by atoms with Crippen molar-refractivity contribution in [3.05, 3.63) is 72.3 Å². The number of benzene rings is 2. The molecule has 2 aromatic carbocycles. The number of hydrogen-bond donors (Lipinski definition) is 2. The molecule has 1 aliphatic rings. The van der Waals surface area contributed by atoms with E-state index >= 15 is 0 Å². The molecule has 0 unspecified atom stereocenters. The van der Waals surface area contributed by atoms with Gasteiger partial charge in [-0.15, -0.1) is 0 Å². The molecule has 3 rings (SSSR count). The van der Waals surface area contributed by atoms with Gasteiger partial charge in [0.05, 0.1) is 0 Å². The van der Waals surface area contributed by atoms with Crippen molar-refractivity contribution in [3.63, 3.8) is 0 Å². The topological polar surface area (TPSA) is 137 Å². The molecule has 10 nitrogen and oxygen atoms in total. The number of ketones is 1. The number of amides is 2. The molecule has 0 heterocycles. The largest absolute Gasteiger partial charge is 0.460 e. The average Bonchev–Trinajstić information content (AvgIpc) is 3.54. The lowest BCUT2D eigenvalue weighted by atomic mass is 9.98. The summed E-state index contributed by atoms with van der Waals surface area (Å²) in [7, 11) is 0. The lowest BCUT2D eigenvalue weighted by Crippen LogP contribution is -2.44. The Morgan fingerprint density at radius 3 is 1.80 bits per heavy atom. The van der Waals surface area contributed by atoms with E-state index in [0.29, 0.717) is 19.3 Å². The minimum Gasteiger partial charge on any atom is -0.460 e. The molecule has 10 heteroatoms. The number of fused-ring (bicyclic) bond motifs is 3. The zero-order chi connectivity index (χ0) is 43.6. The molecule has 0 aromatic heterocycles. The molecule has 2 aromatic rings. The van der Waals surface area contributed by atoms with Crippen LogP contribution in [0.1, 0.15) is 89.7 Å². The van der Waals surface area contributed by atoms with Gasteiger partial charge in [-0.1, -0.05) is 79.9 Å². The summed E-state index contributed by atoms with van der Waals surface area (Å²) in [5.41, 5.74) is 3.50. The van der Waals surface area contributed by atoms with Crippen molar-refractivity contribution >= 4 is 29.7 Å². The first-order valence-electron chi connectivity index (χ1n) is 19.3. The summed E-state index contributed by atoms with van der Waals surface area (Å²) in [6, 6.07) is 13.9. The van der Waals surface area contributed by atoms with Crippen molar-refractivity contribution < 1.29 is 38.2 Å². The Bertz CT molecular complexity index is 2330. The third kappa shape index (κ3) is 17.3. The first-order valence-corrected chi connectivity index (χ1v) is 19.3. The smallest absolute Gasteiger partial charge is 0.407 e. The van der Waals surface area contributed by atoms with E-state index in [4.69, 9.17) is 14.2 Å². The summed E-state index contributed by atoms with van der Waals surface area (Å²) in [4.78, 5) is 64.1. The van der Waals surface area contributed by atoms with Crippen LogP contribution in [0.3, 0.4) is 0 Å². The molecule has 0 radical (unpaired) electrons. The number of rotatable bonds is 17. The molecule has 0 bridgehead atoms. The molecule has 0 aliphatic heterocycles. The first kappa shape index (κ1) is 46.8. The standard InChI is InChI=1S/C50H46N2O8/c1-6-8-9-10-11-12-13-14-15-16-17-18-22-33-46(54)51-45(48(56)60-50(3,4)5)35-34-38(53)27-20-19-21-32-44(47(55)58-36-7-2)52-49(57)59-37-43-41-30-25-23-28-39(41)40-29-24-26-31-42(40)43/h7,23-26,28-31,43-45H,2,19-21,27,32,34-37H2,1,3-5H3,(H,51,54)(H,52,57)/t44-,45-/m0/s1. The Hall–Kier alpha value is -7.55. The second-order valence-electron chi connectivity index (χ2n) is 14.1. The first-order chi connectivity index (χ1) is 28.9. The highest BCUT2D eigenvalue weighted by molar-refractivity contribution is 5.97. The number of Topliss-reactive ketones (excluding diaryl/α,β-unsaturated/α-hetero) is 1. The molecule has 2 atom stereocenters. The van der Waals surface area contributed by atoms with E-state index in [-0.39, 0.29) is 50.6 Å². The summed E-state index contributed by atoms with van der Waals surface area (Å²) in [6.07, 6.45) is 2.73. The van der Waals surface area contributed by atoms with Gasteiger partial charge in [0.15, 0.2) is 0 Å². The van der Waals surface area contributed by atoms with Gasteiger partial charge in [0.1, 0.15) is 36.7 Å². The molecule has 60 heavy (non-hydrogen) atoms. The van der Waals surface area contributed by atoms with Crippen LogP contribution in [0.15, 0.2) is 61.2 Å². The summed E-state index contributed by atoms with van der Waals surface area (Å²) >= 11 is 0. The van der Waals surface area contributed by atoms with Gasteiger partial charge in [0, 0.05) is 24.7 Å². The van der Waals surface area contributed by atoms with E-state index in [9.17, 15) is 24.0 Å². The Morgan fingerprint density at radius 1 is 0.683 bits per heavy atom. The molecule has 0 saturated carbocycles. The van der Waals surface area contributed by atoms with Crippen molar-refractivity contribution in [3.8, 4) is 94.0 Å². The molecule has 304 valence electrons. The van der Waals surface area contributed by atoms with E-state index in [0.717, 1.165) is 22.3 Å². The summed E-state index contributed by atoms with van der Waals surface area (Å²) < 4.78 is 16.3. The number of alkyl carbamates (subject to hydrolysis) is 1. The van der Waals surface area contributed by atoms with E-state index in [1.54, 1.807) is 27.7 Å². The van der Waals surface area contributed by atoms with Crippen molar-refractivity contribution in [2.45, 2.75) is 96.2 Å². The monoisotopic (exact) mass is 802 g/mol. The van der Waals surface area contributed by atoms with E-state index in [1.165, 1.54) is 6.08 Å². The third-order valence-electron chi connectivity index (χ3n) is 8.41. The maximum Gasteiger partial charge on any atom is 0.407 e. The van der Waals surface area contributed by atoms with Gasteiger partial charge in [0.25, 0.3) is 5.91 Å². The Kier molecular flexibility index (Phi) is 20.0. The van der Waals surface area contributed by atoms with Crippen molar-refractivity contribution in [2.24, 2.45) is 0 Å². The van der Waals surface area contributed by atoms with Crippen molar-refractivity contribution in [2.75, 3.05) is 13.2 Å². The van der Waals surface area contributed by atoms with E-state index in [1.807, 2.05) is 48.5 Å². The Morgan fingerprint density at radius 2 is 1.23 bits per heavy atom. The number of ether oxygens (including phenoxy) is 3. The zero-order valence-corrected chi connectivity index (χ0v) is 34.3. The number of hydrogen-bond acceptors (Lipinski definition) is 8. The molecule has 2 N–H and O–H groups in total. The molecule has 0 spiro atoms. The summed E-state index contributed by atoms with van der Waals surface area (Å²) in [6.45, 7) is 10.4. The van der Waals surface area contributed by atoms with Crippen LogP contribution in [-0.2, 0) is 33.4 Å². The van der Waals surface area contributed by atoms with Crippen LogP contribution in [0, 0.1) is 82.9 Å². The van der Waals surface area contributed by atoms with Gasteiger partial charge in [-0.3, -0.25) is 9.59 Å². The van der Waals surface area contributed by atoms with Gasteiger partial charge in [-0.25, -0.2) is 14.4 Å². The summed E-state index contributed by atoms with van der Waals surface area (Å²) in [5.74, 6) is 32.2. The number of carbonyl (C=O) groups is 5. The van der Waals surface area contributed by atoms with Crippen LogP contribution in [0.2, 0.25) is 0 Å². The number of esters is 2. The SMILES string of the molecule is C=CCOC(=O)[C@H](CCCCCC(=O)CC[C@H](NC(=O)C#CC#CC#CC#CC#CC#CC#CC)C(=O)OC(C)(C)C)NC(=O)OCC1c2ccccc2-c2ccccc21. The Balaban J connectivity index is 1.48. The van der Waals surface area contributed by atoms with Crippen LogP contribution in [0.5, 0.6) is 0 Å². The second-order valence-corrected chi connectivity index (χ2v) is 14.1. The second kappa shape index (κ2) is 25.7. The van der Waals surface area contributed by atoms with Crippen LogP contribution in [0.4, 0.5) is 4.79 Å². The van der Waals surface area contributed by atoms with E-state index in [2.05, 4.69) is 100 Å². The number of carbonyl (C=O) groups excluding carboxylic acids is 5. The van der Waals surface area contributed by atoms with Gasteiger partial charge in [-0.2, -0.15) is 0 Å². The molecular weight excluding hydrogens is 757 g/mol. The quantitative estimate of drug-likeness (QED) is 0.0675. The predicted octanol–water partition coefficient (Wildman–Crippen LogP) is 5.79. The number of unbranched alkanes of at least 4 members (excludes halogenated alkanes) is 2. The molecule has 2 amide bonds. The van der Waals surface area contributed by atoms with Crippen molar-refractivity contribution in [1.82, 2.24) is 10.6 Å². The highest BCUT2D eigenvalue weighted by atomic mass is 16.6. The maximum atomic E-state index is 13.0. The minimum atomic E-state index is -1.12. The molecular formula is C50H46N2O8. The van der Waals surface area contributed by atoms with Gasteiger partial charge >= 0.3 is 18.0 Å². The Labute approximate surface area is 353 Å². The average molecular weight is 803 g/mol. The molecule has 0 saturated heterocycles. The highest BCUT2D eigenvalue weighted by Crippen LogP contribution is 2.44. The van der Waals surface area contributed by atoms with E-state index < -0.39 is 41.6 Å². The van der Waals surface area contributed by atoms with Crippen LogP contribution in [0.25, 0.3) is 11.1 Å². The van der Waals surface area contributed by atoms with Gasteiger partial charge in [0.2, 0.25) is 0 Å². The minimum absolute atomic E-state index is 0.00124. The molecule has 0 fully saturated rings.